The number of anilines is 2. The number of hydrogen-bond acceptors (Lipinski definition) is 12. The summed E-state index contributed by atoms with van der Waals surface area (Å²) < 4.78 is 101. The molecule has 18 heteroatoms. The van der Waals surface area contributed by atoms with E-state index in [0.717, 1.165) is 34.9 Å². The monoisotopic (exact) mass is 760 g/mol. The molecule has 0 amide bonds. The Morgan fingerprint density at radius 2 is 1.04 bits per heavy atom. The normalized spacial score (nSPS) is 12.8. The second-order valence-electron chi connectivity index (χ2n) is 11.7. The van der Waals surface area contributed by atoms with Gasteiger partial charge in [0.05, 0.1) is 27.6 Å². The molecule has 6 rings (SSSR count). The van der Waals surface area contributed by atoms with E-state index in [2.05, 4.69) is 20.5 Å². The van der Waals surface area contributed by atoms with Gasteiger partial charge in [0.1, 0.15) is 21.2 Å². The first-order valence-electron chi connectivity index (χ1n) is 15.0. The second-order valence-corrected chi connectivity index (χ2v) is 15.9. The van der Waals surface area contributed by atoms with Gasteiger partial charge in [0.15, 0.2) is 0 Å². The summed E-state index contributed by atoms with van der Waals surface area (Å²) in [5.74, 6) is 0. The van der Waals surface area contributed by atoms with Gasteiger partial charge < -0.3 is 11.5 Å². The van der Waals surface area contributed by atoms with E-state index in [9.17, 15) is 38.9 Å². The molecule has 0 aliphatic rings. The predicted molar refractivity (Wildman–Crippen MR) is 196 cm³/mol. The Morgan fingerprint density at radius 1 is 0.500 bits per heavy atom. The van der Waals surface area contributed by atoms with Crippen LogP contribution in [0.2, 0.25) is 0 Å². The standard InChI is InChI=1S/C34H28N6O9S3/c1-18-13-20(7-11-27(18)37-39-29-17-30(51(44,45)46)25-5-3-4-6-26(25)32(29)35)21-8-12-28(19(2)14-21)38-40-34-24-10-9-23(50(41,42)43)15-22(24)16-31(33(34)36)52(47,48)49/h3-17H,35-36H2,1-2H3,(H,41,42,43)(H,44,45,46)(H,47,48,49)/b39-37+,40-38+. The molecule has 0 atom stereocenters. The van der Waals surface area contributed by atoms with Crippen LogP contribution in [0, 0.1) is 13.8 Å². The van der Waals surface area contributed by atoms with Crippen molar-refractivity contribution >= 4 is 86.0 Å². The zero-order chi connectivity index (χ0) is 37.7. The molecule has 0 unspecified atom stereocenters. The van der Waals surface area contributed by atoms with Crippen LogP contribution in [0.15, 0.2) is 126 Å². The number of azo groups is 2. The lowest BCUT2D eigenvalue weighted by molar-refractivity contribution is 0.481. The van der Waals surface area contributed by atoms with E-state index in [1.165, 1.54) is 18.2 Å². The van der Waals surface area contributed by atoms with E-state index in [1.807, 2.05) is 19.1 Å². The average Bonchev–Trinajstić information content (AvgIpc) is 3.06. The molecule has 0 aliphatic heterocycles. The fourth-order valence-corrected chi connectivity index (χ4v) is 7.47. The van der Waals surface area contributed by atoms with Gasteiger partial charge in [-0.3, -0.25) is 13.7 Å². The van der Waals surface area contributed by atoms with Crippen molar-refractivity contribution in [1.82, 2.24) is 0 Å². The highest BCUT2D eigenvalue weighted by atomic mass is 32.2. The molecule has 266 valence electrons. The molecule has 0 saturated carbocycles. The molecule has 0 saturated heterocycles. The summed E-state index contributed by atoms with van der Waals surface area (Å²) in [6, 6.07) is 22.7. The summed E-state index contributed by atoms with van der Waals surface area (Å²) in [6.07, 6.45) is 0. The predicted octanol–water partition coefficient (Wildman–Crippen LogP) is 8.01. The van der Waals surface area contributed by atoms with Crippen molar-refractivity contribution < 1.29 is 38.9 Å². The van der Waals surface area contributed by atoms with Gasteiger partial charge in [-0.1, -0.05) is 42.5 Å². The molecule has 0 bridgehead atoms. The van der Waals surface area contributed by atoms with Crippen LogP contribution in [0.3, 0.4) is 0 Å². The first kappa shape index (κ1) is 36.2. The van der Waals surface area contributed by atoms with Crippen LogP contribution < -0.4 is 11.5 Å². The molecule has 6 aromatic rings. The summed E-state index contributed by atoms with van der Waals surface area (Å²) in [6.45, 7) is 3.59. The molecule has 0 radical (unpaired) electrons. The van der Waals surface area contributed by atoms with Gasteiger partial charge in [0, 0.05) is 16.2 Å². The van der Waals surface area contributed by atoms with Crippen LogP contribution in [-0.4, -0.2) is 38.9 Å². The highest BCUT2D eigenvalue weighted by molar-refractivity contribution is 7.86. The quantitative estimate of drug-likeness (QED) is 0.0563. The lowest BCUT2D eigenvalue weighted by atomic mass is 10.0. The van der Waals surface area contributed by atoms with Crippen molar-refractivity contribution in [2.45, 2.75) is 28.5 Å². The lowest BCUT2D eigenvalue weighted by Gasteiger charge is -2.11. The number of fused-ring (bicyclic) bond motifs is 2. The van der Waals surface area contributed by atoms with Crippen molar-refractivity contribution in [3.63, 3.8) is 0 Å². The number of nitrogens with two attached hydrogens (primary N) is 2. The maximum atomic E-state index is 12.1. The summed E-state index contributed by atoms with van der Waals surface area (Å²) in [5, 5.41) is 17.8. The van der Waals surface area contributed by atoms with E-state index >= 15 is 0 Å². The summed E-state index contributed by atoms with van der Waals surface area (Å²) in [7, 11) is -14.1. The molecule has 52 heavy (non-hydrogen) atoms. The Labute approximate surface area is 297 Å². The van der Waals surface area contributed by atoms with E-state index in [-0.39, 0.29) is 38.1 Å². The van der Waals surface area contributed by atoms with Crippen LogP contribution in [0.25, 0.3) is 32.7 Å². The molecule has 15 nitrogen and oxygen atoms in total. The zero-order valence-corrected chi connectivity index (χ0v) is 29.6. The highest BCUT2D eigenvalue weighted by Crippen LogP contribution is 2.41. The number of hydrogen-bond donors (Lipinski definition) is 5. The minimum atomic E-state index is -4.85. The third kappa shape index (κ3) is 7.11. The summed E-state index contributed by atoms with van der Waals surface area (Å²) in [5.41, 5.74) is 16.0. The Hall–Kier alpha value is -5.63. The first-order chi connectivity index (χ1) is 24.3. The van der Waals surface area contributed by atoms with Crippen LogP contribution in [0.5, 0.6) is 0 Å². The van der Waals surface area contributed by atoms with Crippen molar-refractivity contribution in [3.8, 4) is 11.1 Å². The maximum absolute atomic E-state index is 12.1. The van der Waals surface area contributed by atoms with E-state index < -0.39 is 45.8 Å². The van der Waals surface area contributed by atoms with Gasteiger partial charge in [-0.25, -0.2) is 0 Å². The van der Waals surface area contributed by atoms with Crippen molar-refractivity contribution in [2.75, 3.05) is 11.5 Å². The molecule has 0 heterocycles. The van der Waals surface area contributed by atoms with Crippen molar-refractivity contribution in [2.24, 2.45) is 20.5 Å². The Bertz CT molecular complexity index is 2880. The average molecular weight is 761 g/mol. The Balaban J connectivity index is 1.31. The topological polar surface area (TPSA) is 265 Å². The molecule has 7 N–H and O–H groups in total. The minimum Gasteiger partial charge on any atom is -0.396 e. The van der Waals surface area contributed by atoms with Crippen molar-refractivity contribution in [3.05, 3.63) is 102 Å². The summed E-state index contributed by atoms with van der Waals surface area (Å²) >= 11 is 0. The van der Waals surface area contributed by atoms with Gasteiger partial charge in [-0.2, -0.15) is 35.5 Å². The van der Waals surface area contributed by atoms with Crippen LogP contribution in [0.1, 0.15) is 11.1 Å². The van der Waals surface area contributed by atoms with Gasteiger partial charge in [-0.15, -0.1) is 10.2 Å². The number of benzene rings is 6. The van der Waals surface area contributed by atoms with E-state index in [0.29, 0.717) is 22.3 Å². The molecular weight excluding hydrogens is 733 g/mol. The maximum Gasteiger partial charge on any atom is 0.296 e. The molecule has 0 fully saturated rings. The summed E-state index contributed by atoms with van der Waals surface area (Å²) in [4.78, 5) is -1.56. The fourth-order valence-electron chi connectivity index (χ4n) is 5.59. The zero-order valence-electron chi connectivity index (χ0n) is 27.1. The SMILES string of the molecule is Cc1cc(-c2ccc(/N=N/c3c(N)c(S(=O)(=O)O)cc4cc(S(=O)(=O)O)ccc34)c(C)c2)ccc1/N=N/c1cc(S(=O)(=O)O)c2ccccc2c1N. The number of nitrogen functional groups attached to an aromatic ring is 2. The number of nitrogens with zero attached hydrogens (tertiary/aromatic N) is 4. The molecule has 0 aromatic heterocycles. The van der Waals surface area contributed by atoms with Gasteiger partial charge in [0.2, 0.25) is 0 Å². The molecule has 6 aromatic carbocycles. The van der Waals surface area contributed by atoms with Crippen LogP contribution in [0.4, 0.5) is 34.1 Å². The lowest BCUT2D eigenvalue weighted by Crippen LogP contribution is -2.04. The largest absolute Gasteiger partial charge is 0.396 e. The van der Waals surface area contributed by atoms with E-state index in [1.54, 1.807) is 49.4 Å². The third-order valence-electron chi connectivity index (χ3n) is 8.22. The van der Waals surface area contributed by atoms with Crippen LogP contribution in [-0.2, 0) is 30.4 Å². The minimum absolute atomic E-state index is 0.0138. The van der Waals surface area contributed by atoms with Crippen LogP contribution >= 0.6 is 0 Å². The number of rotatable bonds is 8. The molecule has 0 spiro atoms. The van der Waals surface area contributed by atoms with Crippen molar-refractivity contribution in [1.29, 1.82) is 0 Å². The third-order valence-corrected chi connectivity index (χ3v) is 10.9. The van der Waals surface area contributed by atoms with Gasteiger partial charge >= 0.3 is 0 Å². The Kier molecular flexibility index (Phi) is 9.16. The Morgan fingerprint density at radius 3 is 1.58 bits per heavy atom. The highest BCUT2D eigenvalue weighted by Gasteiger charge is 2.22. The van der Waals surface area contributed by atoms with Gasteiger partial charge in [-0.05, 0) is 90.0 Å². The first-order valence-corrected chi connectivity index (χ1v) is 19.3. The smallest absolute Gasteiger partial charge is 0.296 e. The van der Waals surface area contributed by atoms with Gasteiger partial charge in [0.25, 0.3) is 30.4 Å². The number of aryl methyl sites for hydroxylation is 2. The molecular formula is C34H28N6O9S3. The fraction of sp³-hybridized carbons (Fsp3) is 0.0588. The van der Waals surface area contributed by atoms with E-state index in [4.69, 9.17) is 11.5 Å². The second kappa shape index (κ2) is 13.2. The molecule has 0 aliphatic carbocycles.